The van der Waals surface area contributed by atoms with Gasteiger partial charge in [-0.1, -0.05) is 26.2 Å². The molecule has 1 aromatic rings. The van der Waals surface area contributed by atoms with Gasteiger partial charge in [0, 0.05) is 6.04 Å². The number of rotatable bonds is 9. The molecule has 1 N–H and O–H groups in total. The fourth-order valence-corrected chi connectivity index (χ4v) is 2.08. The summed E-state index contributed by atoms with van der Waals surface area (Å²) in [4.78, 5) is 10.8. The van der Waals surface area contributed by atoms with E-state index in [4.69, 9.17) is 4.74 Å². The number of hydrogen-bond acceptors (Lipinski definition) is 4. The molecule has 0 aliphatic rings. The minimum atomic E-state index is -0.371. The maximum absolute atomic E-state index is 11.1. The molecule has 0 heterocycles. The lowest BCUT2D eigenvalue weighted by molar-refractivity contribution is -0.384. The summed E-state index contributed by atoms with van der Waals surface area (Å²) < 4.78 is 5.30. The molecule has 1 atom stereocenters. The molecule has 5 nitrogen and oxygen atoms in total. The maximum Gasteiger partial charge on any atom is 0.296 e. The second-order valence-electron chi connectivity index (χ2n) is 4.91. The van der Waals surface area contributed by atoms with Gasteiger partial charge in [-0.25, -0.2) is 0 Å². The lowest BCUT2D eigenvalue weighted by atomic mass is 10.1. The fraction of sp³-hybridized carbons (Fsp3) is 0.600. The van der Waals surface area contributed by atoms with E-state index in [1.165, 1.54) is 18.9 Å². The van der Waals surface area contributed by atoms with Crippen molar-refractivity contribution in [3.8, 4) is 5.75 Å². The van der Waals surface area contributed by atoms with Crippen molar-refractivity contribution in [3.63, 3.8) is 0 Å². The summed E-state index contributed by atoms with van der Waals surface area (Å²) >= 11 is 0. The van der Waals surface area contributed by atoms with E-state index < -0.39 is 0 Å². The quantitative estimate of drug-likeness (QED) is 0.414. The first-order chi connectivity index (χ1) is 9.58. The molecular weight excluding hydrogens is 256 g/mol. The molecule has 1 aromatic carbocycles. The molecule has 0 saturated carbocycles. The molecule has 0 spiro atoms. The van der Waals surface area contributed by atoms with E-state index in [9.17, 15) is 10.1 Å². The van der Waals surface area contributed by atoms with Crippen molar-refractivity contribution in [2.24, 2.45) is 0 Å². The van der Waals surface area contributed by atoms with Crippen LogP contribution in [-0.4, -0.2) is 17.6 Å². The van der Waals surface area contributed by atoms with Crippen molar-refractivity contribution in [2.75, 3.05) is 11.9 Å². The van der Waals surface area contributed by atoms with Crippen LogP contribution in [0.3, 0.4) is 0 Å². The van der Waals surface area contributed by atoms with E-state index >= 15 is 0 Å². The first kappa shape index (κ1) is 16.3. The van der Waals surface area contributed by atoms with Gasteiger partial charge in [-0.15, -0.1) is 0 Å². The summed E-state index contributed by atoms with van der Waals surface area (Å²) in [5.41, 5.74) is 0.626. The molecule has 5 heteroatoms. The predicted molar refractivity (Wildman–Crippen MR) is 81.5 cm³/mol. The van der Waals surface area contributed by atoms with Gasteiger partial charge in [-0.05, 0) is 32.4 Å². The topological polar surface area (TPSA) is 64.4 Å². The van der Waals surface area contributed by atoms with E-state index in [0.717, 1.165) is 12.8 Å². The normalized spacial score (nSPS) is 11.9. The van der Waals surface area contributed by atoms with Crippen LogP contribution in [0, 0.1) is 10.1 Å². The highest BCUT2D eigenvalue weighted by Crippen LogP contribution is 2.30. The van der Waals surface area contributed by atoms with Crippen LogP contribution in [0.5, 0.6) is 5.75 Å². The third kappa shape index (κ3) is 5.07. The number of hydrogen-bond donors (Lipinski definition) is 1. The summed E-state index contributed by atoms with van der Waals surface area (Å²) in [6, 6.07) is 5.18. The molecular formula is C15H24N2O3. The van der Waals surface area contributed by atoms with Gasteiger partial charge in [0.25, 0.3) is 5.69 Å². The van der Waals surface area contributed by atoms with Crippen molar-refractivity contribution in [1.29, 1.82) is 0 Å². The monoisotopic (exact) mass is 280 g/mol. The van der Waals surface area contributed by atoms with E-state index in [1.54, 1.807) is 12.1 Å². The van der Waals surface area contributed by atoms with E-state index in [-0.39, 0.29) is 16.7 Å². The Balaban J connectivity index is 2.75. The average molecular weight is 280 g/mol. The Morgan fingerprint density at radius 1 is 1.35 bits per heavy atom. The minimum Gasteiger partial charge on any atom is -0.494 e. The van der Waals surface area contributed by atoms with Crippen LogP contribution in [0.1, 0.15) is 46.5 Å². The average Bonchev–Trinajstić information content (AvgIpc) is 2.41. The zero-order chi connectivity index (χ0) is 15.0. The fourth-order valence-electron chi connectivity index (χ4n) is 2.08. The molecule has 1 rings (SSSR count). The van der Waals surface area contributed by atoms with Crippen LogP contribution in [0.4, 0.5) is 11.4 Å². The molecule has 0 aromatic heterocycles. The van der Waals surface area contributed by atoms with Crippen LogP contribution in [0.25, 0.3) is 0 Å². The van der Waals surface area contributed by atoms with Crippen molar-refractivity contribution < 1.29 is 9.66 Å². The van der Waals surface area contributed by atoms with Crippen molar-refractivity contribution >= 4 is 11.4 Å². The molecule has 112 valence electrons. The van der Waals surface area contributed by atoms with Crippen LogP contribution < -0.4 is 10.1 Å². The minimum absolute atomic E-state index is 0.0679. The zero-order valence-electron chi connectivity index (χ0n) is 12.5. The third-order valence-electron chi connectivity index (χ3n) is 3.12. The molecule has 0 fully saturated rings. The number of nitrogens with zero attached hydrogens (tertiary/aromatic N) is 1. The van der Waals surface area contributed by atoms with Gasteiger partial charge in [-0.2, -0.15) is 0 Å². The van der Waals surface area contributed by atoms with Crippen LogP contribution in [0.15, 0.2) is 18.2 Å². The van der Waals surface area contributed by atoms with Gasteiger partial charge in [0.15, 0.2) is 0 Å². The highest BCUT2D eigenvalue weighted by molar-refractivity contribution is 5.64. The maximum atomic E-state index is 11.1. The van der Waals surface area contributed by atoms with Crippen LogP contribution in [-0.2, 0) is 0 Å². The van der Waals surface area contributed by atoms with Crippen LogP contribution >= 0.6 is 0 Å². The van der Waals surface area contributed by atoms with Crippen molar-refractivity contribution in [2.45, 2.75) is 52.5 Å². The van der Waals surface area contributed by atoms with E-state index in [2.05, 4.69) is 19.2 Å². The Labute approximate surface area is 120 Å². The van der Waals surface area contributed by atoms with E-state index in [1.807, 2.05) is 6.92 Å². The van der Waals surface area contributed by atoms with Crippen LogP contribution in [0.2, 0.25) is 0 Å². The summed E-state index contributed by atoms with van der Waals surface area (Å²) in [6.07, 6.45) is 4.51. The number of benzene rings is 1. The second-order valence-corrected chi connectivity index (χ2v) is 4.91. The van der Waals surface area contributed by atoms with Gasteiger partial charge >= 0.3 is 0 Å². The molecule has 1 unspecified atom stereocenters. The third-order valence-corrected chi connectivity index (χ3v) is 3.12. The summed E-state index contributed by atoms with van der Waals surface area (Å²) in [6.45, 7) is 6.57. The number of nitro benzene ring substituents is 1. The predicted octanol–water partition coefficient (Wildman–Crippen LogP) is 4.37. The lowest BCUT2D eigenvalue weighted by Crippen LogP contribution is -2.16. The Kier molecular flexibility index (Phi) is 6.84. The molecule has 0 saturated heterocycles. The van der Waals surface area contributed by atoms with Gasteiger partial charge in [0.1, 0.15) is 11.4 Å². The number of ether oxygens (including phenoxy) is 1. The smallest absolute Gasteiger partial charge is 0.296 e. The Bertz CT molecular complexity index is 435. The zero-order valence-corrected chi connectivity index (χ0v) is 12.5. The molecule has 0 amide bonds. The Hall–Kier alpha value is -1.78. The SMILES string of the molecule is CCCCCC(C)Nc1ccc(OCC)cc1[N+](=O)[O-]. The number of nitrogens with one attached hydrogen (secondary N) is 1. The first-order valence-electron chi connectivity index (χ1n) is 7.26. The second kappa shape index (κ2) is 8.40. The molecule has 0 aliphatic carbocycles. The standard InChI is InChI=1S/C15H24N2O3/c1-4-6-7-8-12(3)16-14-10-9-13(20-5-2)11-15(14)17(18)19/h9-12,16H,4-8H2,1-3H3. The number of unbranched alkanes of at least 4 members (excludes halogenated alkanes) is 2. The number of anilines is 1. The first-order valence-corrected chi connectivity index (χ1v) is 7.26. The van der Waals surface area contributed by atoms with Gasteiger partial charge in [-0.3, -0.25) is 10.1 Å². The van der Waals surface area contributed by atoms with Gasteiger partial charge in [0.2, 0.25) is 0 Å². The highest BCUT2D eigenvalue weighted by Gasteiger charge is 2.16. The Morgan fingerprint density at radius 3 is 2.70 bits per heavy atom. The summed E-state index contributed by atoms with van der Waals surface area (Å²) in [5.74, 6) is 0.531. The molecule has 20 heavy (non-hydrogen) atoms. The molecule has 0 bridgehead atoms. The van der Waals surface area contributed by atoms with E-state index in [0.29, 0.717) is 18.0 Å². The highest BCUT2D eigenvalue weighted by atomic mass is 16.6. The van der Waals surface area contributed by atoms with Crippen molar-refractivity contribution in [3.05, 3.63) is 28.3 Å². The number of nitro groups is 1. The summed E-state index contributed by atoms with van der Waals surface area (Å²) in [5, 5.41) is 14.4. The summed E-state index contributed by atoms with van der Waals surface area (Å²) in [7, 11) is 0. The largest absolute Gasteiger partial charge is 0.494 e. The van der Waals surface area contributed by atoms with Gasteiger partial charge < -0.3 is 10.1 Å². The lowest BCUT2D eigenvalue weighted by Gasteiger charge is -2.15. The molecule has 0 radical (unpaired) electrons. The molecule has 0 aliphatic heterocycles. The Morgan fingerprint density at radius 2 is 2.10 bits per heavy atom. The van der Waals surface area contributed by atoms with Gasteiger partial charge in [0.05, 0.1) is 17.6 Å². The van der Waals surface area contributed by atoms with Crippen molar-refractivity contribution in [1.82, 2.24) is 0 Å².